The van der Waals surface area contributed by atoms with Gasteiger partial charge in [0.2, 0.25) is 0 Å². The van der Waals surface area contributed by atoms with Gasteiger partial charge in [0.05, 0.1) is 5.02 Å². The lowest BCUT2D eigenvalue weighted by Gasteiger charge is -2.22. The number of aromatic nitrogens is 2. The molecule has 8 heteroatoms. The average Bonchev–Trinajstić information content (AvgIpc) is 3.02. The van der Waals surface area contributed by atoms with E-state index in [0.29, 0.717) is 22.6 Å². The van der Waals surface area contributed by atoms with Crippen LogP contribution in [0.15, 0.2) is 6.20 Å². The van der Waals surface area contributed by atoms with Crippen LogP contribution in [0.3, 0.4) is 0 Å². The van der Waals surface area contributed by atoms with Gasteiger partial charge in [0.15, 0.2) is 5.69 Å². The van der Waals surface area contributed by atoms with Crippen LogP contribution in [0, 0.1) is 11.8 Å². The van der Waals surface area contributed by atoms with Gasteiger partial charge in [-0.2, -0.15) is 16.9 Å². The van der Waals surface area contributed by atoms with Gasteiger partial charge in [0, 0.05) is 32.4 Å². The molecular formula is C16H28Cl2N4OS. The minimum atomic E-state index is -0.169. The Morgan fingerprint density at radius 3 is 2.75 bits per heavy atom. The predicted molar refractivity (Wildman–Crippen MR) is 104 cm³/mol. The summed E-state index contributed by atoms with van der Waals surface area (Å²) in [5.41, 5.74) is 0.317. The van der Waals surface area contributed by atoms with E-state index in [4.69, 9.17) is 11.6 Å². The van der Waals surface area contributed by atoms with Gasteiger partial charge in [0.1, 0.15) is 0 Å². The van der Waals surface area contributed by atoms with Gasteiger partial charge in [-0.05, 0) is 36.8 Å². The molecule has 1 aromatic rings. The molecule has 24 heavy (non-hydrogen) atoms. The van der Waals surface area contributed by atoms with Crippen molar-refractivity contribution in [1.82, 2.24) is 20.0 Å². The second-order valence-corrected chi connectivity index (χ2v) is 7.99. The van der Waals surface area contributed by atoms with Crippen molar-refractivity contribution in [3.63, 3.8) is 0 Å². The Balaban J connectivity index is 0.00000288. The summed E-state index contributed by atoms with van der Waals surface area (Å²) in [7, 11) is 1.77. The number of rotatable bonds is 7. The third-order valence-corrected chi connectivity index (χ3v) is 5.41. The summed E-state index contributed by atoms with van der Waals surface area (Å²) in [4.78, 5) is 14.9. The summed E-state index contributed by atoms with van der Waals surface area (Å²) < 4.78 is 1.57. The van der Waals surface area contributed by atoms with Crippen LogP contribution < -0.4 is 5.32 Å². The predicted octanol–water partition coefficient (Wildman–Crippen LogP) is 2.93. The highest BCUT2D eigenvalue weighted by Crippen LogP contribution is 2.25. The smallest absolute Gasteiger partial charge is 0.273 e. The Hall–Kier alpha value is -0.430. The number of likely N-dealkylation sites (tertiary alicyclic amines) is 1. The van der Waals surface area contributed by atoms with E-state index in [0.717, 1.165) is 19.6 Å². The topological polar surface area (TPSA) is 50.2 Å². The molecule has 5 nitrogen and oxygen atoms in total. The molecule has 2 rings (SSSR count). The van der Waals surface area contributed by atoms with Crippen LogP contribution in [0.1, 0.15) is 30.8 Å². The van der Waals surface area contributed by atoms with Crippen LogP contribution in [0.5, 0.6) is 0 Å². The largest absolute Gasteiger partial charge is 0.346 e. The van der Waals surface area contributed by atoms with Crippen molar-refractivity contribution >= 4 is 41.7 Å². The third kappa shape index (κ3) is 5.55. The van der Waals surface area contributed by atoms with Gasteiger partial charge >= 0.3 is 0 Å². The molecule has 0 aromatic carbocycles. The third-order valence-electron chi connectivity index (χ3n) is 4.44. The summed E-state index contributed by atoms with van der Waals surface area (Å²) in [5.74, 6) is 2.02. The van der Waals surface area contributed by atoms with Crippen LogP contribution in [-0.4, -0.2) is 58.3 Å². The van der Waals surface area contributed by atoms with E-state index in [-0.39, 0.29) is 24.4 Å². The quantitative estimate of drug-likeness (QED) is 0.722. The Morgan fingerprint density at radius 1 is 1.50 bits per heavy atom. The first-order valence-electron chi connectivity index (χ1n) is 8.13. The number of aryl methyl sites for hydroxylation is 1. The molecule has 1 N–H and O–H groups in total. The standard InChI is InChI=1S/C16H27ClN4OS.ClH/c1-11(2)12-8-21(6-5-7-23-4)10-14(12)18-16(22)15-13(17)9-20(3)19-15;/h9,11-12,14H,5-8,10H2,1-4H3,(H,18,22);1H/t12-,14+;/m1./s1. The van der Waals surface area contributed by atoms with Gasteiger partial charge < -0.3 is 10.2 Å². The molecule has 1 aliphatic rings. The zero-order valence-corrected chi connectivity index (χ0v) is 17.2. The first-order valence-corrected chi connectivity index (χ1v) is 9.90. The van der Waals surface area contributed by atoms with Gasteiger partial charge in [-0.15, -0.1) is 12.4 Å². The number of carbonyl (C=O) groups is 1. The summed E-state index contributed by atoms with van der Waals surface area (Å²) in [6.07, 6.45) is 4.99. The van der Waals surface area contributed by atoms with E-state index >= 15 is 0 Å². The van der Waals surface area contributed by atoms with Crippen molar-refractivity contribution in [2.24, 2.45) is 18.9 Å². The van der Waals surface area contributed by atoms with Crippen molar-refractivity contribution in [2.75, 3.05) is 31.6 Å². The Labute approximate surface area is 160 Å². The number of nitrogens with zero attached hydrogens (tertiary/aromatic N) is 3. The fourth-order valence-electron chi connectivity index (χ4n) is 3.21. The SMILES string of the molecule is CSCCCN1C[C@H](NC(=O)c2nn(C)cc2Cl)[C@@H](C(C)C)C1.Cl. The summed E-state index contributed by atoms with van der Waals surface area (Å²) in [6.45, 7) is 7.51. The van der Waals surface area contributed by atoms with Crippen LogP contribution >= 0.6 is 35.8 Å². The van der Waals surface area contributed by atoms with Gasteiger partial charge in [-0.25, -0.2) is 0 Å². The molecule has 0 radical (unpaired) electrons. The number of halogens is 2. The number of carbonyl (C=O) groups excluding carboxylic acids is 1. The minimum Gasteiger partial charge on any atom is -0.346 e. The molecule has 0 unspecified atom stereocenters. The highest BCUT2D eigenvalue weighted by Gasteiger charge is 2.35. The lowest BCUT2D eigenvalue weighted by Crippen LogP contribution is -2.42. The second kappa shape index (κ2) is 9.90. The number of hydrogen-bond donors (Lipinski definition) is 1. The van der Waals surface area contributed by atoms with Crippen LogP contribution in [0.2, 0.25) is 5.02 Å². The molecule has 0 aliphatic carbocycles. The maximum Gasteiger partial charge on any atom is 0.273 e. The molecule has 0 saturated carbocycles. The lowest BCUT2D eigenvalue weighted by atomic mass is 9.91. The molecule has 0 spiro atoms. The van der Waals surface area contributed by atoms with Gasteiger partial charge in [-0.3, -0.25) is 9.48 Å². The fraction of sp³-hybridized carbons (Fsp3) is 0.750. The Morgan fingerprint density at radius 2 is 2.21 bits per heavy atom. The van der Waals surface area contributed by atoms with Crippen LogP contribution in [0.25, 0.3) is 0 Å². The fourth-order valence-corrected chi connectivity index (χ4v) is 3.89. The first kappa shape index (κ1) is 21.6. The normalized spacial score (nSPS) is 21.1. The highest BCUT2D eigenvalue weighted by atomic mass is 35.5. The molecule has 2 heterocycles. The lowest BCUT2D eigenvalue weighted by molar-refractivity contribution is 0.0919. The molecular weight excluding hydrogens is 367 g/mol. The highest BCUT2D eigenvalue weighted by molar-refractivity contribution is 7.98. The van der Waals surface area contributed by atoms with Crippen molar-refractivity contribution < 1.29 is 4.79 Å². The van der Waals surface area contributed by atoms with Crippen molar-refractivity contribution in [3.8, 4) is 0 Å². The number of nitrogens with one attached hydrogen (secondary N) is 1. The maximum absolute atomic E-state index is 12.5. The first-order chi connectivity index (χ1) is 10.9. The van der Waals surface area contributed by atoms with E-state index in [2.05, 4.69) is 35.4 Å². The van der Waals surface area contributed by atoms with E-state index in [1.807, 2.05) is 11.8 Å². The number of thioether (sulfide) groups is 1. The zero-order valence-electron chi connectivity index (χ0n) is 14.8. The molecule has 1 amide bonds. The monoisotopic (exact) mass is 394 g/mol. The van der Waals surface area contributed by atoms with Gasteiger partial charge in [0.25, 0.3) is 5.91 Å². The second-order valence-electron chi connectivity index (χ2n) is 6.59. The summed E-state index contributed by atoms with van der Waals surface area (Å²) in [6, 6.07) is 0.162. The Kier molecular flexibility index (Phi) is 8.91. The van der Waals surface area contributed by atoms with E-state index in [1.54, 1.807) is 17.9 Å². The van der Waals surface area contributed by atoms with Crippen molar-refractivity contribution in [3.05, 3.63) is 16.9 Å². The van der Waals surface area contributed by atoms with Crippen molar-refractivity contribution in [1.29, 1.82) is 0 Å². The van der Waals surface area contributed by atoms with E-state index in [1.165, 1.54) is 12.2 Å². The summed E-state index contributed by atoms with van der Waals surface area (Å²) >= 11 is 7.96. The number of amides is 1. The van der Waals surface area contributed by atoms with Gasteiger partial charge in [-0.1, -0.05) is 25.4 Å². The molecule has 1 aromatic heterocycles. The molecule has 2 atom stereocenters. The van der Waals surface area contributed by atoms with Crippen LogP contribution in [-0.2, 0) is 7.05 Å². The molecule has 1 fully saturated rings. The van der Waals surface area contributed by atoms with E-state index in [9.17, 15) is 4.79 Å². The molecule has 1 saturated heterocycles. The zero-order chi connectivity index (χ0) is 17.0. The maximum atomic E-state index is 12.5. The molecule has 1 aliphatic heterocycles. The molecule has 0 bridgehead atoms. The van der Waals surface area contributed by atoms with E-state index < -0.39 is 0 Å². The summed E-state index contributed by atoms with van der Waals surface area (Å²) in [5, 5.41) is 7.72. The van der Waals surface area contributed by atoms with Crippen molar-refractivity contribution in [2.45, 2.75) is 26.3 Å². The molecule has 138 valence electrons. The minimum absolute atomic E-state index is 0. The Bertz CT molecular complexity index is 538. The van der Waals surface area contributed by atoms with Crippen LogP contribution in [0.4, 0.5) is 0 Å². The number of hydrogen-bond acceptors (Lipinski definition) is 4. The average molecular weight is 395 g/mol.